The van der Waals surface area contributed by atoms with Crippen LogP contribution < -0.4 is 15.8 Å². The van der Waals surface area contributed by atoms with E-state index in [0.29, 0.717) is 5.69 Å². The number of hydrogen-bond donors (Lipinski definition) is 3. The third kappa shape index (κ3) is 2.14. The largest absolute Gasteiger partial charge is 0.495 e. The number of hydrogen-bond acceptors (Lipinski definition) is 4. The first-order chi connectivity index (χ1) is 9.67. The minimum absolute atomic E-state index is 0.669. The van der Waals surface area contributed by atoms with Crippen molar-refractivity contribution in [2.24, 2.45) is 0 Å². The number of aromatic amines is 1. The summed E-state index contributed by atoms with van der Waals surface area (Å²) in [6, 6.07) is 9.80. The standard InChI is InChI=1S/C15H16N4O/c1-9-3-4-15(20-2)14(5-9)18-13-7-12-10(6-11(13)16)8-17-19-12/h3-8,18H,16H2,1-2H3,(H,17,19). The minimum Gasteiger partial charge on any atom is -0.495 e. The molecule has 0 bridgehead atoms. The first kappa shape index (κ1) is 12.3. The number of methoxy groups -OCH3 is 1. The van der Waals surface area contributed by atoms with Crippen LogP contribution in [0.15, 0.2) is 36.5 Å². The van der Waals surface area contributed by atoms with Crippen LogP contribution in [0.1, 0.15) is 5.56 Å². The molecule has 5 nitrogen and oxygen atoms in total. The highest BCUT2D eigenvalue weighted by Crippen LogP contribution is 2.32. The van der Waals surface area contributed by atoms with Crippen LogP contribution in [0, 0.1) is 6.92 Å². The predicted octanol–water partition coefficient (Wildman–Crippen LogP) is 3.21. The number of benzene rings is 2. The van der Waals surface area contributed by atoms with Crippen LogP contribution in [0.3, 0.4) is 0 Å². The van der Waals surface area contributed by atoms with E-state index >= 15 is 0 Å². The van der Waals surface area contributed by atoms with E-state index < -0.39 is 0 Å². The number of rotatable bonds is 3. The number of nitrogens with one attached hydrogen (secondary N) is 2. The molecule has 0 unspecified atom stereocenters. The molecule has 0 aliphatic carbocycles. The monoisotopic (exact) mass is 268 g/mol. The molecule has 3 rings (SSSR count). The van der Waals surface area contributed by atoms with E-state index in [2.05, 4.69) is 15.5 Å². The van der Waals surface area contributed by atoms with Gasteiger partial charge in [0.15, 0.2) is 0 Å². The molecule has 2 aromatic carbocycles. The highest BCUT2D eigenvalue weighted by Gasteiger charge is 2.08. The molecule has 0 saturated carbocycles. The number of fused-ring (bicyclic) bond motifs is 1. The number of nitrogen functional groups attached to an aromatic ring is 1. The first-order valence-corrected chi connectivity index (χ1v) is 6.31. The SMILES string of the molecule is COc1ccc(C)cc1Nc1cc2[nH]ncc2cc1N. The summed E-state index contributed by atoms with van der Waals surface area (Å²) in [6.45, 7) is 2.03. The fraction of sp³-hybridized carbons (Fsp3) is 0.133. The van der Waals surface area contributed by atoms with Crippen LogP contribution in [0.25, 0.3) is 10.9 Å². The second-order valence-corrected chi connectivity index (χ2v) is 4.73. The third-order valence-electron chi connectivity index (χ3n) is 3.23. The Morgan fingerprint density at radius 1 is 1.20 bits per heavy atom. The molecule has 0 amide bonds. The summed E-state index contributed by atoms with van der Waals surface area (Å²) in [5, 5.41) is 11.2. The van der Waals surface area contributed by atoms with Gasteiger partial charge in [0, 0.05) is 5.39 Å². The highest BCUT2D eigenvalue weighted by atomic mass is 16.5. The zero-order chi connectivity index (χ0) is 14.1. The van der Waals surface area contributed by atoms with Gasteiger partial charge in [-0.1, -0.05) is 6.07 Å². The molecule has 20 heavy (non-hydrogen) atoms. The topological polar surface area (TPSA) is 76.0 Å². The fourth-order valence-electron chi connectivity index (χ4n) is 2.18. The van der Waals surface area contributed by atoms with Gasteiger partial charge in [-0.05, 0) is 36.8 Å². The average Bonchev–Trinajstić information content (AvgIpc) is 2.86. The smallest absolute Gasteiger partial charge is 0.142 e. The minimum atomic E-state index is 0.669. The van der Waals surface area contributed by atoms with Gasteiger partial charge in [-0.15, -0.1) is 0 Å². The molecule has 0 aliphatic heterocycles. The Kier molecular flexibility index (Phi) is 2.95. The van der Waals surface area contributed by atoms with E-state index in [0.717, 1.165) is 33.6 Å². The summed E-state index contributed by atoms with van der Waals surface area (Å²) in [7, 11) is 1.65. The zero-order valence-corrected chi connectivity index (χ0v) is 11.4. The summed E-state index contributed by atoms with van der Waals surface area (Å²) in [4.78, 5) is 0. The van der Waals surface area contributed by atoms with Gasteiger partial charge in [-0.3, -0.25) is 5.10 Å². The number of ether oxygens (including phenoxy) is 1. The van der Waals surface area contributed by atoms with Gasteiger partial charge in [0.05, 0.1) is 35.9 Å². The van der Waals surface area contributed by atoms with Gasteiger partial charge in [-0.2, -0.15) is 5.10 Å². The molecule has 0 radical (unpaired) electrons. The van der Waals surface area contributed by atoms with E-state index in [4.69, 9.17) is 10.5 Å². The maximum absolute atomic E-state index is 6.08. The van der Waals surface area contributed by atoms with Gasteiger partial charge in [0.1, 0.15) is 5.75 Å². The van der Waals surface area contributed by atoms with E-state index in [9.17, 15) is 0 Å². The Hall–Kier alpha value is -2.69. The van der Waals surface area contributed by atoms with Crippen molar-refractivity contribution in [3.8, 4) is 5.75 Å². The lowest BCUT2D eigenvalue weighted by Crippen LogP contribution is -1.99. The van der Waals surface area contributed by atoms with Crippen LogP contribution in [-0.2, 0) is 0 Å². The Bertz CT molecular complexity index is 764. The molecule has 0 saturated heterocycles. The highest BCUT2D eigenvalue weighted by molar-refractivity contribution is 5.90. The maximum atomic E-state index is 6.08. The van der Waals surface area contributed by atoms with Gasteiger partial charge < -0.3 is 15.8 Å². The second kappa shape index (κ2) is 4.77. The molecule has 1 heterocycles. The van der Waals surface area contributed by atoms with Crippen LogP contribution in [-0.4, -0.2) is 17.3 Å². The number of H-pyrrole nitrogens is 1. The van der Waals surface area contributed by atoms with Crippen LogP contribution in [0.2, 0.25) is 0 Å². The summed E-state index contributed by atoms with van der Waals surface area (Å²) < 4.78 is 5.36. The number of aromatic nitrogens is 2. The quantitative estimate of drug-likeness (QED) is 0.637. The number of aryl methyl sites for hydroxylation is 1. The molecule has 0 aliphatic rings. The van der Waals surface area contributed by atoms with E-state index in [1.807, 2.05) is 37.3 Å². The maximum Gasteiger partial charge on any atom is 0.142 e. The van der Waals surface area contributed by atoms with Crippen molar-refractivity contribution < 1.29 is 4.74 Å². The molecule has 0 spiro atoms. The van der Waals surface area contributed by atoms with Gasteiger partial charge in [0.2, 0.25) is 0 Å². The normalized spacial score (nSPS) is 10.7. The van der Waals surface area contributed by atoms with Crippen molar-refractivity contribution in [1.29, 1.82) is 0 Å². The van der Waals surface area contributed by atoms with E-state index in [1.54, 1.807) is 13.3 Å². The zero-order valence-electron chi connectivity index (χ0n) is 11.4. The molecule has 5 heteroatoms. The lowest BCUT2D eigenvalue weighted by Gasteiger charge is -2.13. The second-order valence-electron chi connectivity index (χ2n) is 4.73. The molecule has 0 atom stereocenters. The first-order valence-electron chi connectivity index (χ1n) is 6.31. The number of anilines is 3. The van der Waals surface area contributed by atoms with E-state index in [-0.39, 0.29) is 0 Å². The van der Waals surface area contributed by atoms with Gasteiger partial charge in [0.25, 0.3) is 0 Å². The number of nitrogens with two attached hydrogens (primary N) is 1. The Morgan fingerprint density at radius 2 is 2.05 bits per heavy atom. The fourth-order valence-corrected chi connectivity index (χ4v) is 2.18. The van der Waals surface area contributed by atoms with Crippen molar-refractivity contribution in [3.05, 3.63) is 42.1 Å². The molecule has 3 aromatic rings. The Labute approximate surface area is 116 Å². The van der Waals surface area contributed by atoms with Crippen molar-refractivity contribution in [2.75, 3.05) is 18.2 Å². The molecule has 0 fully saturated rings. The van der Waals surface area contributed by atoms with Crippen molar-refractivity contribution in [3.63, 3.8) is 0 Å². The average molecular weight is 268 g/mol. The van der Waals surface area contributed by atoms with Crippen LogP contribution in [0.4, 0.5) is 17.1 Å². The molecule has 4 N–H and O–H groups in total. The Balaban J connectivity index is 2.04. The third-order valence-corrected chi connectivity index (χ3v) is 3.23. The molecular formula is C15H16N4O. The lowest BCUT2D eigenvalue weighted by atomic mass is 10.1. The van der Waals surface area contributed by atoms with Crippen LogP contribution >= 0.6 is 0 Å². The Morgan fingerprint density at radius 3 is 2.85 bits per heavy atom. The van der Waals surface area contributed by atoms with Crippen molar-refractivity contribution in [2.45, 2.75) is 6.92 Å². The number of nitrogens with zero attached hydrogens (tertiary/aromatic N) is 1. The van der Waals surface area contributed by atoms with Gasteiger partial charge >= 0.3 is 0 Å². The van der Waals surface area contributed by atoms with E-state index in [1.165, 1.54) is 0 Å². The van der Waals surface area contributed by atoms with Gasteiger partial charge in [-0.25, -0.2) is 0 Å². The predicted molar refractivity (Wildman–Crippen MR) is 81.5 cm³/mol. The molecule has 102 valence electrons. The lowest BCUT2D eigenvalue weighted by molar-refractivity contribution is 0.416. The van der Waals surface area contributed by atoms with Crippen molar-refractivity contribution in [1.82, 2.24) is 10.2 Å². The summed E-state index contributed by atoms with van der Waals surface area (Å²) >= 11 is 0. The van der Waals surface area contributed by atoms with Crippen LogP contribution in [0.5, 0.6) is 5.75 Å². The van der Waals surface area contributed by atoms with Crippen molar-refractivity contribution >= 4 is 28.0 Å². The molecule has 1 aromatic heterocycles. The summed E-state index contributed by atoms with van der Waals surface area (Å²) in [6.07, 6.45) is 1.75. The molecular weight excluding hydrogens is 252 g/mol. The summed E-state index contributed by atoms with van der Waals surface area (Å²) in [5.41, 5.74) is 10.5. The summed E-state index contributed by atoms with van der Waals surface area (Å²) in [5.74, 6) is 0.778.